The van der Waals surface area contributed by atoms with Crippen molar-refractivity contribution in [3.05, 3.63) is 106 Å². The van der Waals surface area contributed by atoms with Crippen LogP contribution in [0.2, 0.25) is 5.02 Å². The molecule has 0 bridgehead atoms. The summed E-state index contributed by atoms with van der Waals surface area (Å²) >= 11 is 6.01. The van der Waals surface area contributed by atoms with Crippen molar-refractivity contribution in [2.45, 2.75) is 4.90 Å². The molecule has 0 amide bonds. The Labute approximate surface area is 230 Å². The maximum Gasteiger partial charge on any atom is 0.264 e. The SMILES string of the molecule is COc1cc(-c2ccc(Cl)c(C#N)c2)c(F)cc1-n1c(=O)ccc2cc(S(=O)(=O)Nc3ncc(F)cn3)ccc21. The summed E-state index contributed by atoms with van der Waals surface area (Å²) in [5.74, 6) is -1.61. The first kappa shape index (κ1) is 26.7. The predicted molar refractivity (Wildman–Crippen MR) is 144 cm³/mol. The number of hydrogen-bond acceptors (Lipinski definition) is 7. The van der Waals surface area contributed by atoms with E-state index in [0.717, 1.165) is 18.5 Å². The Bertz CT molecular complexity index is 2010. The second-order valence-corrected chi connectivity index (χ2v) is 10.5. The minimum Gasteiger partial charge on any atom is -0.495 e. The van der Waals surface area contributed by atoms with Crippen molar-refractivity contribution in [3.63, 3.8) is 0 Å². The zero-order valence-corrected chi connectivity index (χ0v) is 22.0. The summed E-state index contributed by atoms with van der Waals surface area (Å²) in [5.41, 5.74) is 0.476. The normalized spacial score (nSPS) is 11.3. The van der Waals surface area contributed by atoms with Crippen molar-refractivity contribution in [1.29, 1.82) is 5.26 Å². The van der Waals surface area contributed by atoms with Crippen LogP contribution < -0.4 is 15.0 Å². The summed E-state index contributed by atoms with van der Waals surface area (Å²) in [6.45, 7) is 0. The molecule has 2 heterocycles. The molecule has 200 valence electrons. The van der Waals surface area contributed by atoms with Crippen LogP contribution in [-0.4, -0.2) is 30.1 Å². The Balaban J connectivity index is 1.61. The van der Waals surface area contributed by atoms with Crippen LogP contribution in [0.3, 0.4) is 0 Å². The summed E-state index contributed by atoms with van der Waals surface area (Å²) in [5, 5.41) is 9.84. The molecule has 40 heavy (non-hydrogen) atoms. The molecule has 0 atom stereocenters. The maximum atomic E-state index is 15.4. The van der Waals surface area contributed by atoms with Gasteiger partial charge in [-0.15, -0.1) is 0 Å². The number of aromatic nitrogens is 3. The minimum absolute atomic E-state index is 0.0715. The first-order valence-electron chi connectivity index (χ1n) is 11.4. The largest absolute Gasteiger partial charge is 0.495 e. The highest BCUT2D eigenvalue weighted by atomic mass is 35.5. The number of nitrogens with one attached hydrogen (secondary N) is 1. The Hall–Kier alpha value is -4.86. The second kappa shape index (κ2) is 10.4. The Morgan fingerprint density at radius 3 is 2.48 bits per heavy atom. The lowest BCUT2D eigenvalue weighted by Crippen LogP contribution is -2.19. The molecule has 3 aromatic carbocycles. The predicted octanol–water partition coefficient (Wildman–Crippen LogP) is 5.06. The van der Waals surface area contributed by atoms with E-state index in [1.165, 1.54) is 60.2 Å². The van der Waals surface area contributed by atoms with Crippen LogP contribution in [0.25, 0.3) is 27.7 Å². The molecule has 1 N–H and O–H groups in total. The third-order valence-corrected chi connectivity index (χ3v) is 7.58. The van der Waals surface area contributed by atoms with Crippen LogP contribution in [0, 0.1) is 23.0 Å². The number of nitrogens with zero attached hydrogens (tertiary/aromatic N) is 4. The molecule has 0 radical (unpaired) electrons. The zero-order chi connectivity index (χ0) is 28.6. The van der Waals surface area contributed by atoms with Crippen molar-refractivity contribution in [1.82, 2.24) is 14.5 Å². The number of benzene rings is 3. The van der Waals surface area contributed by atoms with Crippen molar-refractivity contribution in [2.75, 3.05) is 11.8 Å². The van der Waals surface area contributed by atoms with E-state index < -0.39 is 27.2 Å². The molecule has 0 unspecified atom stereocenters. The highest BCUT2D eigenvalue weighted by Gasteiger charge is 2.20. The smallest absolute Gasteiger partial charge is 0.264 e. The van der Waals surface area contributed by atoms with Gasteiger partial charge in [-0.2, -0.15) is 5.26 Å². The third-order valence-electron chi connectivity index (χ3n) is 5.93. The Morgan fingerprint density at radius 1 is 1.02 bits per heavy atom. The number of fused-ring (bicyclic) bond motifs is 1. The monoisotopic (exact) mass is 579 g/mol. The van der Waals surface area contributed by atoms with Gasteiger partial charge in [-0.25, -0.2) is 31.9 Å². The fourth-order valence-electron chi connectivity index (χ4n) is 4.06. The molecule has 5 rings (SSSR count). The molecule has 0 aliphatic heterocycles. The molecule has 0 saturated heterocycles. The van der Waals surface area contributed by atoms with Crippen LogP contribution in [0.15, 0.2) is 82.7 Å². The van der Waals surface area contributed by atoms with Gasteiger partial charge in [0.25, 0.3) is 15.6 Å². The fraction of sp³-hybridized carbons (Fsp3) is 0.0370. The van der Waals surface area contributed by atoms with Gasteiger partial charge in [-0.05, 0) is 48.0 Å². The summed E-state index contributed by atoms with van der Waals surface area (Å²) < 4.78 is 63.1. The molecular weight excluding hydrogens is 564 g/mol. The molecular formula is C27H16ClF2N5O4S. The van der Waals surface area contributed by atoms with E-state index in [4.69, 9.17) is 16.3 Å². The number of nitriles is 1. The third kappa shape index (κ3) is 4.95. The lowest BCUT2D eigenvalue weighted by molar-refractivity contribution is 0.412. The van der Waals surface area contributed by atoms with Gasteiger partial charge in [0.2, 0.25) is 5.95 Å². The molecule has 0 aliphatic carbocycles. The maximum absolute atomic E-state index is 15.4. The number of hydrogen-bond donors (Lipinski definition) is 1. The average Bonchev–Trinajstić information content (AvgIpc) is 2.94. The number of methoxy groups -OCH3 is 1. The van der Waals surface area contributed by atoms with E-state index in [1.807, 2.05) is 6.07 Å². The Morgan fingerprint density at radius 2 is 1.77 bits per heavy atom. The van der Waals surface area contributed by atoms with Crippen LogP contribution in [0.4, 0.5) is 14.7 Å². The van der Waals surface area contributed by atoms with Crippen molar-refractivity contribution < 1.29 is 21.9 Å². The number of halogens is 3. The van der Waals surface area contributed by atoms with Crippen LogP contribution in [0.5, 0.6) is 5.75 Å². The highest BCUT2D eigenvalue weighted by Crippen LogP contribution is 2.35. The number of rotatable bonds is 6. The number of sulfonamides is 1. The van der Waals surface area contributed by atoms with Crippen molar-refractivity contribution >= 4 is 38.5 Å². The average molecular weight is 580 g/mol. The molecule has 2 aromatic heterocycles. The van der Waals surface area contributed by atoms with Gasteiger partial charge in [0.05, 0.1) is 46.2 Å². The van der Waals surface area contributed by atoms with E-state index in [2.05, 4.69) is 14.7 Å². The van der Waals surface area contributed by atoms with E-state index >= 15 is 4.39 Å². The lowest BCUT2D eigenvalue weighted by atomic mass is 10.0. The van der Waals surface area contributed by atoms with Gasteiger partial charge in [-0.3, -0.25) is 9.36 Å². The highest BCUT2D eigenvalue weighted by molar-refractivity contribution is 7.92. The van der Waals surface area contributed by atoms with Crippen LogP contribution in [-0.2, 0) is 10.0 Å². The summed E-state index contributed by atoms with van der Waals surface area (Å²) in [6.07, 6.45) is 1.63. The Kier molecular flexibility index (Phi) is 6.93. The van der Waals surface area contributed by atoms with E-state index in [1.54, 1.807) is 6.07 Å². The molecule has 0 aliphatic rings. The van der Waals surface area contributed by atoms with Crippen molar-refractivity contribution in [2.24, 2.45) is 0 Å². The molecule has 13 heteroatoms. The van der Waals surface area contributed by atoms with Gasteiger partial charge in [0.15, 0.2) is 5.82 Å². The molecule has 0 spiro atoms. The van der Waals surface area contributed by atoms with Gasteiger partial charge in [-0.1, -0.05) is 17.7 Å². The first-order chi connectivity index (χ1) is 19.1. The number of anilines is 1. The van der Waals surface area contributed by atoms with E-state index in [-0.39, 0.29) is 43.9 Å². The molecule has 0 saturated carbocycles. The quantitative estimate of drug-likeness (QED) is 0.298. The first-order valence-corrected chi connectivity index (χ1v) is 13.2. The van der Waals surface area contributed by atoms with Crippen molar-refractivity contribution in [3.8, 4) is 28.6 Å². The number of ether oxygens (including phenoxy) is 1. The molecule has 0 fully saturated rings. The van der Waals surface area contributed by atoms with Gasteiger partial charge >= 0.3 is 0 Å². The summed E-state index contributed by atoms with van der Waals surface area (Å²) in [4.78, 5) is 20.0. The van der Waals surface area contributed by atoms with Crippen LogP contribution >= 0.6 is 11.6 Å². The standard InChI is InChI=1S/C27H16ClF2N5O4S/c1-39-25-10-20(15-2-5-21(28)17(8-15)12-31)22(30)11-24(25)35-23-6-4-19(9-16(23)3-7-26(35)36)40(37,38)34-27-32-13-18(29)14-33-27/h2-11,13-14H,1H3,(H,32,33,34). The lowest BCUT2D eigenvalue weighted by Gasteiger charge is -2.17. The summed E-state index contributed by atoms with van der Waals surface area (Å²) in [6, 6.07) is 15.5. The van der Waals surface area contributed by atoms with Gasteiger partial charge < -0.3 is 4.74 Å². The molecule has 9 nitrogen and oxygen atoms in total. The van der Waals surface area contributed by atoms with Gasteiger partial charge in [0.1, 0.15) is 17.6 Å². The number of pyridine rings is 1. The van der Waals surface area contributed by atoms with E-state index in [0.29, 0.717) is 10.9 Å². The van der Waals surface area contributed by atoms with Gasteiger partial charge in [0, 0.05) is 23.1 Å². The van der Waals surface area contributed by atoms with E-state index in [9.17, 15) is 22.9 Å². The second-order valence-electron chi connectivity index (χ2n) is 8.37. The topological polar surface area (TPSA) is 127 Å². The van der Waals surface area contributed by atoms with Crippen LogP contribution in [0.1, 0.15) is 5.56 Å². The minimum atomic E-state index is -4.17. The zero-order valence-electron chi connectivity index (χ0n) is 20.4. The summed E-state index contributed by atoms with van der Waals surface area (Å²) in [7, 11) is -2.82. The fourth-order valence-corrected chi connectivity index (χ4v) is 5.22. The molecule has 5 aromatic rings.